The third-order valence-corrected chi connectivity index (χ3v) is 7.73. The fraction of sp³-hybridized carbons (Fsp3) is 0.773. The van der Waals surface area contributed by atoms with Gasteiger partial charge in [-0.15, -0.1) is 0 Å². The van der Waals surface area contributed by atoms with Gasteiger partial charge in [-0.05, 0) is 38.5 Å². The number of nitrogens with zero attached hydrogens (tertiary/aromatic N) is 3. The average Bonchev–Trinajstić information content (AvgIpc) is 3.44. The van der Waals surface area contributed by atoms with Gasteiger partial charge >= 0.3 is 0 Å². The summed E-state index contributed by atoms with van der Waals surface area (Å²) in [4.78, 5) is 68.5. The SMILES string of the molecule is CC(=O)N1CCC(C(=O)N2CC[C@@H]3NC(=O)[C@H]4C[C@H](NC(=O)C5CC5)CN4C(=O)[C@H]32)CC1. The molecule has 4 heterocycles. The largest absolute Gasteiger partial charge is 0.351 e. The number of nitrogens with one attached hydrogen (secondary N) is 2. The molecule has 10 heteroatoms. The van der Waals surface area contributed by atoms with Crippen molar-refractivity contribution in [2.24, 2.45) is 11.8 Å². The maximum atomic E-state index is 13.5. The molecule has 5 rings (SSSR count). The summed E-state index contributed by atoms with van der Waals surface area (Å²) >= 11 is 0. The number of hydrogen-bond acceptors (Lipinski definition) is 5. The summed E-state index contributed by atoms with van der Waals surface area (Å²) in [6, 6.07) is -1.91. The first-order chi connectivity index (χ1) is 15.3. The van der Waals surface area contributed by atoms with Crippen LogP contribution in [0.4, 0.5) is 0 Å². The van der Waals surface area contributed by atoms with E-state index in [2.05, 4.69) is 10.6 Å². The second-order valence-corrected chi connectivity index (χ2v) is 9.88. The summed E-state index contributed by atoms with van der Waals surface area (Å²) in [5.41, 5.74) is 0. The topological polar surface area (TPSA) is 119 Å². The van der Waals surface area contributed by atoms with E-state index in [1.54, 1.807) is 14.7 Å². The minimum Gasteiger partial charge on any atom is -0.351 e. The molecule has 1 saturated carbocycles. The van der Waals surface area contributed by atoms with Crippen LogP contribution < -0.4 is 10.6 Å². The highest BCUT2D eigenvalue weighted by Crippen LogP contribution is 2.33. The quantitative estimate of drug-likeness (QED) is 0.568. The first-order valence-electron chi connectivity index (χ1n) is 11.8. The van der Waals surface area contributed by atoms with Crippen LogP contribution >= 0.6 is 0 Å². The Bertz CT molecular complexity index is 850. The van der Waals surface area contributed by atoms with Crippen molar-refractivity contribution in [1.29, 1.82) is 0 Å². The van der Waals surface area contributed by atoms with Gasteiger partial charge in [0.05, 0.1) is 6.04 Å². The lowest BCUT2D eigenvalue weighted by molar-refractivity contribution is -0.148. The molecule has 10 nitrogen and oxygen atoms in total. The van der Waals surface area contributed by atoms with Crippen LogP contribution in [0.15, 0.2) is 0 Å². The Morgan fingerprint density at radius 1 is 0.969 bits per heavy atom. The van der Waals surface area contributed by atoms with Gasteiger partial charge < -0.3 is 25.3 Å². The highest BCUT2D eigenvalue weighted by molar-refractivity contribution is 5.97. The normalized spacial score (nSPS) is 32.8. The molecule has 5 fully saturated rings. The Labute approximate surface area is 187 Å². The van der Waals surface area contributed by atoms with Gasteiger partial charge in [-0.25, -0.2) is 0 Å². The molecular weight excluding hydrogens is 414 g/mol. The number of carbonyl (C=O) groups is 5. The molecule has 174 valence electrons. The van der Waals surface area contributed by atoms with E-state index < -0.39 is 12.1 Å². The van der Waals surface area contributed by atoms with Crippen LogP contribution in [0.5, 0.6) is 0 Å². The Hall–Kier alpha value is -2.65. The lowest BCUT2D eigenvalue weighted by Gasteiger charge is -2.35. The Balaban J connectivity index is 1.28. The van der Waals surface area contributed by atoms with E-state index in [1.165, 1.54) is 6.92 Å². The van der Waals surface area contributed by atoms with Crippen LogP contribution in [-0.2, 0) is 24.0 Å². The molecule has 0 spiro atoms. The smallest absolute Gasteiger partial charge is 0.248 e. The number of rotatable bonds is 3. The average molecular weight is 446 g/mol. The molecule has 4 atom stereocenters. The monoisotopic (exact) mass is 445 g/mol. The molecule has 0 bridgehead atoms. The van der Waals surface area contributed by atoms with Crippen molar-refractivity contribution in [3.05, 3.63) is 0 Å². The number of amides is 5. The number of piperidine rings is 1. The van der Waals surface area contributed by atoms with Crippen molar-refractivity contribution in [2.45, 2.75) is 69.6 Å². The molecule has 0 aromatic heterocycles. The van der Waals surface area contributed by atoms with Crippen LogP contribution in [-0.4, -0.2) is 94.6 Å². The molecule has 0 radical (unpaired) electrons. The second-order valence-electron chi connectivity index (χ2n) is 9.88. The Morgan fingerprint density at radius 3 is 2.34 bits per heavy atom. The highest BCUT2D eigenvalue weighted by Gasteiger charge is 2.53. The van der Waals surface area contributed by atoms with E-state index in [1.807, 2.05) is 0 Å². The molecule has 4 saturated heterocycles. The molecule has 4 aliphatic heterocycles. The Morgan fingerprint density at radius 2 is 1.69 bits per heavy atom. The van der Waals surface area contributed by atoms with Gasteiger partial charge in [0, 0.05) is 51.0 Å². The summed E-state index contributed by atoms with van der Waals surface area (Å²) in [5.74, 6) is -0.570. The van der Waals surface area contributed by atoms with Crippen LogP contribution in [0, 0.1) is 11.8 Å². The van der Waals surface area contributed by atoms with Crippen molar-refractivity contribution >= 4 is 29.5 Å². The summed E-state index contributed by atoms with van der Waals surface area (Å²) in [5, 5.41) is 5.99. The lowest BCUT2D eigenvalue weighted by Crippen LogP contribution is -2.54. The number of carbonyl (C=O) groups excluding carboxylic acids is 5. The molecule has 0 aromatic carbocycles. The van der Waals surface area contributed by atoms with E-state index in [0.717, 1.165) is 12.8 Å². The van der Waals surface area contributed by atoms with Gasteiger partial charge in [-0.3, -0.25) is 24.0 Å². The van der Waals surface area contributed by atoms with Gasteiger partial charge in [0.1, 0.15) is 12.1 Å². The number of fused-ring (bicyclic) bond motifs is 2. The van der Waals surface area contributed by atoms with Crippen molar-refractivity contribution in [2.75, 3.05) is 26.2 Å². The highest BCUT2D eigenvalue weighted by atomic mass is 16.2. The van der Waals surface area contributed by atoms with Gasteiger partial charge in [-0.1, -0.05) is 0 Å². The number of hydrogen-bond donors (Lipinski definition) is 2. The molecule has 1 aliphatic carbocycles. The summed E-state index contributed by atoms with van der Waals surface area (Å²) in [6.45, 7) is 3.38. The van der Waals surface area contributed by atoms with Gasteiger partial charge in [0.2, 0.25) is 29.5 Å². The minimum absolute atomic E-state index is 0.00738. The second kappa shape index (κ2) is 8.04. The van der Waals surface area contributed by atoms with E-state index in [9.17, 15) is 24.0 Å². The number of likely N-dealkylation sites (tertiary alicyclic amines) is 2. The predicted octanol–water partition coefficient (Wildman–Crippen LogP) is -1.16. The van der Waals surface area contributed by atoms with Crippen LogP contribution in [0.25, 0.3) is 0 Å². The zero-order chi connectivity index (χ0) is 22.6. The molecule has 5 amide bonds. The fourth-order valence-corrected chi connectivity index (χ4v) is 5.72. The van der Waals surface area contributed by atoms with Gasteiger partial charge in [0.15, 0.2) is 0 Å². The summed E-state index contributed by atoms with van der Waals surface area (Å²) in [7, 11) is 0. The van der Waals surface area contributed by atoms with Crippen molar-refractivity contribution in [3.8, 4) is 0 Å². The fourth-order valence-electron chi connectivity index (χ4n) is 5.72. The first kappa shape index (κ1) is 21.2. The van der Waals surface area contributed by atoms with Crippen molar-refractivity contribution in [1.82, 2.24) is 25.3 Å². The lowest BCUT2D eigenvalue weighted by atomic mass is 9.94. The standard InChI is InChI=1S/C22H31N5O5/c1-12(28)25-7-4-14(5-8-25)21(31)26-9-6-16-18(26)22(32)27-11-15(10-17(27)20(30)24-16)23-19(29)13-2-3-13/h13-18H,2-11H2,1H3,(H,23,29)(H,24,30)/t15-,16-,17+,18-/m0/s1. The summed E-state index contributed by atoms with van der Waals surface area (Å²) in [6.07, 6.45) is 3.95. The van der Waals surface area contributed by atoms with E-state index in [-0.39, 0.29) is 53.5 Å². The first-order valence-corrected chi connectivity index (χ1v) is 11.8. The van der Waals surface area contributed by atoms with Gasteiger partial charge in [-0.2, -0.15) is 0 Å². The van der Waals surface area contributed by atoms with E-state index >= 15 is 0 Å². The molecule has 0 aromatic rings. The minimum atomic E-state index is -0.694. The molecule has 0 unspecified atom stereocenters. The molecule has 32 heavy (non-hydrogen) atoms. The third kappa shape index (κ3) is 3.73. The van der Waals surface area contributed by atoms with E-state index in [4.69, 9.17) is 0 Å². The maximum Gasteiger partial charge on any atom is 0.248 e. The van der Waals surface area contributed by atoms with Crippen LogP contribution in [0.3, 0.4) is 0 Å². The summed E-state index contributed by atoms with van der Waals surface area (Å²) < 4.78 is 0. The predicted molar refractivity (Wildman–Crippen MR) is 112 cm³/mol. The molecular formula is C22H31N5O5. The van der Waals surface area contributed by atoms with Crippen molar-refractivity contribution < 1.29 is 24.0 Å². The third-order valence-electron chi connectivity index (χ3n) is 7.73. The van der Waals surface area contributed by atoms with E-state index in [0.29, 0.717) is 51.9 Å². The Kier molecular flexibility index (Phi) is 5.33. The zero-order valence-corrected chi connectivity index (χ0v) is 18.4. The van der Waals surface area contributed by atoms with Crippen LogP contribution in [0.2, 0.25) is 0 Å². The van der Waals surface area contributed by atoms with Gasteiger partial charge in [0.25, 0.3) is 0 Å². The maximum absolute atomic E-state index is 13.5. The molecule has 2 N–H and O–H groups in total. The van der Waals surface area contributed by atoms with Crippen molar-refractivity contribution in [3.63, 3.8) is 0 Å². The zero-order valence-electron chi connectivity index (χ0n) is 18.4. The van der Waals surface area contributed by atoms with Crippen LogP contribution in [0.1, 0.15) is 45.4 Å². The molecule has 5 aliphatic rings.